The summed E-state index contributed by atoms with van der Waals surface area (Å²) in [5, 5.41) is 7.26. The number of hydrogen-bond donors (Lipinski definition) is 1. The van der Waals surface area contributed by atoms with Gasteiger partial charge in [0.25, 0.3) is 0 Å². The predicted molar refractivity (Wildman–Crippen MR) is 85.6 cm³/mol. The van der Waals surface area contributed by atoms with E-state index in [2.05, 4.69) is 10.4 Å². The van der Waals surface area contributed by atoms with Crippen LogP contribution in [0.25, 0.3) is 10.9 Å². The molecule has 0 fully saturated rings. The highest BCUT2D eigenvalue weighted by Crippen LogP contribution is 2.11. The van der Waals surface area contributed by atoms with Gasteiger partial charge in [0, 0.05) is 17.5 Å². The maximum absolute atomic E-state index is 13.1. The second-order valence-corrected chi connectivity index (χ2v) is 5.06. The fourth-order valence-electron chi connectivity index (χ4n) is 2.34. The number of carbonyl (C=O) groups is 1. The lowest BCUT2D eigenvalue weighted by Gasteiger charge is -2.09. The van der Waals surface area contributed by atoms with Gasteiger partial charge < -0.3 is 5.32 Å². The van der Waals surface area contributed by atoms with Crippen LogP contribution >= 0.6 is 0 Å². The highest BCUT2D eigenvalue weighted by atomic mass is 19.1. The fourth-order valence-corrected chi connectivity index (χ4v) is 2.34. The Balaban J connectivity index is 1.72. The van der Waals surface area contributed by atoms with Crippen LogP contribution in [0.5, 0.6) is 0 Å². The molecule has 0 radical (unpaired) electrons. The number of anilines is 1. The number of aryl methyl sites for hydroxylation is 1. The summed E-state index contributed by atoms with van der Waals surface area (Å²) >= 11 is 0. The lowest BCUT2D eigenvalue weighted by Crippen LogP contribution is -2.18. The Kier molecular flexibility index (Phi) is 4.14. The van der Waals surface area contributed by atoms with Gasteiger partial charge in [0.2, 0.25) is 11.3 Å². The third-order valence-corrected chi connectivity index (χ3v) is 3.42. The van der Waals surface area contributed by atoms with Gasteiger partial charge in [0.1, 0.15) is 5.82 Å². The van der Waals surface area contributed by atoms with E-state index in [4.69, 9.17) is 0 Å². The van der Waals surface area contributed by atoms with Gasteiger partial charge >= 0.3 is 0 Å². The van der Waals surface area contributed by atoms with Crippen LogP contribution in [0.4, 0.5) is 10.1 Å². The largest absolute Gasteiger partial charge is 0.326 e. The minimum atomic E-state index is -0.407. The first kappa shape index (κ1) is 14.9. The summed E-state index contributed by atoms with van der Waals surface area (Å²) in [6.45, 7) is 0.321. The minimum Gasteiger partial charge on any atom is -0.326 e. The third-order valence-electron chi connectivity index (χ3n) is 3.42. The normalized spacial score (nSPS) is 10.7. The van der Waals surface area contributed by atoms with E-state index in [1.54, 1.807) is 28.9 Å². The molecule has 0 spiro atoms. The highest BCUT2D eigenvalue weighted by Gasteiger charge is 2.07. The molecule has 0 aliphatic carbocycles. The number of amides is 1. The second kappa shape index (κ2) is 6.39. The van der Waals surface area contributed by atoms with Crippen LogP contribution in [0.2, 0.25) is 0 Å². The van der Waals surface area contributed by atoms with Gasteiger partial charge in [-0.3, -0.25) is 14.3 Å². The number of rotatable bonds is 4. The van der Waals surface area contributed by atoms with E-state index in [0.717, 1.165) is 0 Å². The van der Waals surface area contributed by atoms with Crippen molar-refractivity contribution in [1.82, 2.24) is 9.78 Å². The Hall–Kier alpha value is -3.02. The summed E-state index contributed by atoms with van der Waals surface area (Å²) in [6.07, 6.45) is 1.41. The summed E-state index contributed by atoms with van der Waals surface area (Å²) < 4.78 is 14.7. The molecule has 116 valence electrons. The zero-order valence-corrected chi connectivity index (χ0v) is 12.2. The van der Waals surface area contributed by atoms with Gasteiger partial charge in [-0.15, -0.1) is 0 Å². The molecule has 1 N–H and O–H groups in total. The molecule has 2 aromatic carbocycles. The van der Waals surface area contributed by atoms with Crippen molar-refractivity contribution < 1.29 is 9.18 Å². The van der Waals surface area contributed by atoms with Crippen molar-refractivity contribution in [3.8, 4) is 0 Å². The molecule has 0 saturated heterocycles. The van der Waals surface area contributed by atoms with Crippen LogP contribution < -0.4 is 10.7 Å². The summed E-state index contributed by atoms with van der Waals surface area (Å²) in [7, 11) is 0. The zero-order chi connectivity index (χ0) is 16.2. The molecule has 0 aliphatic heterocycles. The number of fused-ring (bicyclic) bond motifs is 1. The van der Waals surface area contributed by atoms with E-state index in [1.165, 1.54) is 24.4 Å². The van der Waals surface area contributed by atoms with Crippen LogP contribution in [0.1, 0.15) is 6.42 Å². The van der Waals surface area contributed by atoms with Crippen LogP contribution in [0, 0.1) is 5.82 Å². The van der Waals surface area contributed by atoms with Crippen molar-refractivity contribution in [3.05, 3.63) is 70.8 Å². The molecule has 0 saturated carbocycles. The summed E-state index contributed by atoms with van der Waals surface area (Å²) in [5.41, 5.74) is 0.937. The van der Waals surface area contributed by atoms with Crippen molar-refractivity contribution in [2.75, 3.05) is 5.32 Å². The molecule has 1 amide bonds. The molecule has 0 unspecified atom stereocenters. The van der Waals surface area contributed by atoms with Gasteiger partial charge in [-0.1, -0.05) is 18.2 Å². The number of hydrogen-bond acceptors (Lipinski definition) is 3. The standard InChI is InChI=1S/C17H14FN3O2/c18-12-4-3-5-13(10-12)20-17(23)8-9-21-15-7-2-1-6-14(15)16(22)11-19-21/h1-7,10-11H,8-9H2,(H,20,23). The average molecular weight is 311 g/mol. The van der Waals surface area contributed by atoms with Gasteiger partial charge in [-0.25, -0.2) is 4.39 Å². The second-order valence-electron chi connectivity index (χ2n) is 5.06. The van der Waals surface area contributed by atoms with E-state index in [0.29, 0.717) is 23.1 Å². The predicted octanol–water partition coefficient (Wildman–Crippen LogP) is 2.56. The Labute approximate surface area is 131 Å². The lowest BCUT2D eigenvalue weighted by molar-refractivity contribution is -0.116. The first-order valence-corrected chi connectivity index (χ1v) is 7.14. The van der Waals surface area contributed by atoms with Crippen molar-refractivity contribution in [2.24, 2.45) is 0 Å². The Morgan fingerprint density at radius 1 is 1.17 bits per heavy atom. The van der Waals surface area contributed by atoms with E-state index in [1.807, 2.05) is 6.07 Å². The summed E-state index contributed by atoms with van der Waals surface area (Å²) in [5.74, 6) is -0.656. The van der Waals surface area contributed by atoms with Crippen LogP contribution in [0.15, 0.2) is 59.5 Å². The molecular formula is C17H14FN3O2. The smallest absolute Gasteiger partial charge is 0.226 e. The van der Waals surface area contributed by atoms with Crippen molar-refractivity contribution >= 4 is 22.5 Å². The number of benzene rings is 2. The molecule has 0 atom stereocenters. The van der Waals surface area contributed by atoms with Crippen LogP contribution in [-0.4, -0.2) is 15.7 Å². The molecule has 3 rings (SSSR count). The van der Waals surface area contributed by atoms with Crippen LogP contribution in [0.3, 0.4) is 0 Å². The van der Waals surface area contributed by atoms with E-state index >= 15 is 0 Å². The van der Waals surface area contributed by atoms with Gasteiger partial charge in [0.05, 0.1) is 18.3 Å². The molecule has 23 heavy (non-hydrogen) atoms. The zero-order valence-electron chi connectivity index (χ0n) is 12.2. The highest BCUT2D eigenvalue weighted by molar-refractivity contribution is 5.90. The Morgan fingerprint density at radius 3 is 2.83 bits per heavy atom. The number of para-hydroxylation sites is 1. The minimum absolute atomic E-state index is 0.152. The quantitative estimate of drug-likeness (QED) is 0.805. The lowest BCUT2D eigenvalue weighted by atomic mass is 10.2. The molecular weight excluding hydrogens is 297 g/mol. The maximum atomic E-state index is 13.1. The average Bonchev–Trinajstić information content (AvgIpc) is 2.54. The molecule has 1 heterocycles. The molecule has 6 heteroatoms. The van der Waals surface area contributed by atoms with Crippen molar-refractivity contribution in [1.29, 1.82) is 0 Å². The SMILES string of the molecule is O=C(CCn1ncc(=O)c2ccccc21)Nc1cccc(F)c1. The molecule has 0 bridgehead atoms. The number of nitrogens with zero attached hydrogens (tertiary/aromatic N) is 2. The first-order valence-electron chi connectivity index (χ1n) is 7.14. The van der Waals surface area contributed by atoms with Gasteiger partial charge in [-0.05, 0) is 30.3 Å². The fraction of sp³-hybridized carbons (Fsp3) is 0.118. The molecule has 0 aliphatic rings. The van der Waals surface area contributed by atoms with Crippen LogP contribution in [-0.2, 0) is 11.3 Å². The number of aromatic nitrogens is 2. The number of carbonyl (C=O) groups excluding carboxylic acids is 1. The van der Waals surface area contributed by atoms with Crippen molar-refractivity contribution in [2.45, 2.75) is 13.0 Å². The monoisotopic (exact) mass is 311 g/mol. The number of halogens is 1. The Bertz CT molecular complexity index is 921. The first-order chi connectivity index (χ1) is 11.1. The van der Waals surface area contributed by atoms with E-state index in [9.17, 15) is 14.0 Å². The third kappa shape index (κ3) is 3.42. The van der Waals surface area contributed by atoms with Gasteiger partial charge in [-0.2, -0.15) is 5.10 Å². The summed E-state index contributed by atoms with van der Waals surface area (Å²) in [6, 6.07) is 12.8. The topological polar surface area (TPSA) is 64.0 Å². The molecule has 5 nitrogen and oxygen atoms in total. The van der Waals surface area contributed by atoms with Crippen molar-refractivity contribution in [3.63, 3.8) is 0 Å². The molecule has 1 aromatic heterocycles. The molecule has 3 aromatic rings. The number of nitrogens with one attached hydrogen (secondary N) is 1. The summed E-state index contributed by atoms with van der Waals surface area (Å²) in [4.78, 5) is 23.7. The van der Waals surface area contributed by atoms with Gasteiger partial charge in [0.15, 0.2) is 0 Å². The Morgan fingerprint density at radius 2 is 2.00 bits per heavy atom. The maximum Gasteiger partial charge on any atom is 0.226 e. The van der Waals surface area contributed by atoms with E-state index in [-0.39, 0.29) is 17.8 Å². The van der Waals surface area contributed by atoms with E-state index < -0.39 is 5.82 Å².